The van der Waals surface area contributed by atoms with E-state index in [-0.39, 0.29) is 24.0 Å². The van der Waals surface area contributed by atoms with Gasteiger partial charge in [-0.1, -0.05) is 36.8 Å². The first-order valence-corrected chi connectivity index (χ1v) is 5.99. The maximum atomic E-state index is 12.2. The predicted octanol–water partition coefficient (Wildman–Crippen LogP) is 2.61. The van der Waals surface area contributed by atoms with Gasteiger partial charge in [0.25, 0.3) is 0 Å². The highest BCUT2D eigenvalue weighted by Gasteiger charge is 2.33. The number of aliphatic carboxylic acids is 1. The largest absolute Gasteiger partial charge is 0.481 e. The third-order valence-electron chi connectivity index (χ3n) is 3.41. The molecule has 2 atom stereocenters. The molecule has 1 N–H and O–H groups in total. The number of benzene rings is 1. The van der Waals surface area contributed by atoms with Gasteiger partial charge in [-0.15, -0.1) is 0 Å². The Bertz CT molecular complexity index is 411. The maximum Gasteiger partial charge on any atom is 0.304 e. The molecule has 1 saturated carbocycles. The summed E-state index contributed by atoms with van der Waals surface area (Å²) in [5.41, 5.74) is 1.02. The van der Waals surface area contributed by atoms with Gasteiger partial charge in [0.15, 0.2) is 0 Å². The minimum Gasteiger partial charge on any atom is -0.481 e. The van der Waals surface area contributed by atoms with E-state index in [1.165, 1.54) is 0 Å². The number of carboxylic acids is 1. The molecule has 0 bridgehead atoms. The smallest absolute Gasteiger partial charge is 0.304 e. The van der Waals surface area contributed by atoms with Crippen molar-refractivity contribution in [1.29, 1.82) is 0 Å². The van der Waals surface area contributed by atoms with E-state index in [9.17, 15) is 9.59 Å². The van der Waals surface area contributed by atoms with E-state index in [0.717, 1.165) is 18.4 Å². The molecule has 1 aliphatic carbocycles. The van der Waals surface area contributed by atoms with Crippen molar-refractivity contribution >= 4 is 11.8 Å². The number of Topliss-reactive ketones (excluding diaryl/α,β-unsaturated/α-hetero) is 1. The van der Waals surface area contributed by atoms with Gasteiger partial charge in [-0.25, -0.2) is 0 Å². The lowest BCUT2D eigenvalue weighted by Gasteiger charge is -2.27. The van der Waals surface area contributed by atoms with Gasteiger partial charge in [0, 0.05) is 11.8 Å². The molecule has 1 aliphatic rings. The molecule has 0 heterocycles. The molecule has 3 heteroatoms. The van der Waals surface area contributed by atoms with Gasteiger partial charge in [0.05, 0.1) is 6.42 Å². The van der Waals surface area contributed by atoms with Gasteiger partial charge < -0.3 is 5.11 Å². The third kappa shape index (κ3) is 2.73. The van der Waals surface area contributed by atoms with Crippen molar-refractivity contribution in [2.24, 2.45) is 5.92 Å². The van der Waals surface area contributed by atoms with E-state index in [1.54, 1.807) is 0 Å². The second kappa shape index (κ2) is 5.13. The van der Waals surface area contributed by atoms with Crippen LogP contribution in [-0.2, 0) is 9.59 Å². The van der Waals surface area contributed by atoms with Gasteiger partial charge >= 0.3 is 5.97 Å². The Morgan fingerprint density at radius 1 is 1.24 bits per heavy atom. The average molecular weight is 232 g/mol. The predicted molar refractivity (Wildman–Crippen MR) is 63.8 cm³/mol. The molecule has 2 rings (SSSR count). The molecule has 17 heavy (non-hydrogen) atoms. The van der Waals surface area contributed by atoms with E-state index in [1.807, 2.05) is 30.3 Å². The zero-order valence-corrected chi connectivity index (χ0v) is 9.63. The Hall–Kier alpha value is -1.64. The first kappa shape index (κ1) is 11.8. The topological polar surface area (TPSA) is 54.4 Å². The van der Waals surface area contributed by atoms with Crippen molar-refractivity contribution in [2.45, 2.75) is 31.6 Å². The molecule has 1 aromatic rings. The highest BCUT2D eigenvalue weighted by atomic mass is 16.4. The Morgan fingerprint density at radius 2 is 1.94 bits per heavy atom. The molecule has 1 fully saturated rings. The summed E-state index contributed by atoms with van der Waals surface area (Å²) in [6.45, 7) is 0. The van der Waals surface area contributed by atoms with Crippen LogP contribution in [0.25, 0.3) is 0 Å². The van der Waals surface area contributed by atoms with Crippen LogP contribution >= 0.6 is 0 Å². The Balaban J connectivity index is 2.14. The molecule has 0 aromatic heterocycles. The SMILES string of the molecule is O=C(O)C[C@@H]1CCC[C@@H](c2ccccc2)C1=O. The number of carboxylic acid groups (broad SMARTS) is 1. The third-order valence-corrected chi connectivity index (χ3v) is 3.41. The van der Waals surface area contributed by atoms with Crippen LogP contribution in [0, 0.1) is 5.92 Å². The second-order valence-corrected chi connectivity index (χ2v) is 4.59. The Labute approximate surface area is 100 Å². The number of carbonyl (C=O) groups excluding carboxylic acids is 1. The number of hydrogen-bond donors (Lipinski definition) is 1. The first-order valence-electron chi connectivity index (χ1n) is 5.99. The van der Waals surface area contributed by atoms with Gasteiger partial charge in [0.1, 0.15) is 5.78 Å². The fraction of sp³-hybridized carbons (Fsp3) is 0.429. The fourth-order valence-electron chi connectivity index (χ4n) is 2.57. The summed E-state index contributed by atoms with van der Waals surface area (Å²) in [6, 6.07) is 9.66. The normalized spacial score (nSPS) is 24.6. The Morgan fingerprint density at radius 3 is 2.59 bits per heavy atom. The van der Waals surface area contributed by atoms with Gasteiger partial charge in [-0.2, -0.15) is 0 Å². The molecule has 0 saturated heterocycles. The summed E-state index contributed by atoms with van der Waals surface area (Å²) in [7, 11) is 0. The molecular formula is C14H16O3. The maximum absolute atomic E-state index is 12.2. The van der Waals surface area contributed by atoms with Crippen LogP contribution in [-0.4, -0.2) is 16.9 Å². The minimum absolute atomic E-state index is 0.0256. The quantitative estimate of drug-likeness (QED) is 0.871. The van der Waals surface area contributed by atoms with E-state index < -0.39 is 5.97 Å². The Kier molecular flexibility index (Phi) is 3.57. The van der Waals surface area contributed by atoms with Gasteiger partial charge in [-0.05, 0) is 18.4 Å². The van der Waals surface area contributed by atoms with Crippen LogP contribution < -0.4 is 0 Å². The van der Waals surface area contributed by atoms with Crippen LogP contribution in [0.5, 0.6) is 0 Å². The first-order chi connectivity index (χ1) is 8.18. The molecule has 0 aliphatic heterocycles. The zero-order chi connectivity index (χ0) is 12.3. The van der Waals surface area contributed by atoms with E-state index in [4.69, 9.17) is 5.11 Å². The number of carbonyl (C=O) groups is 2. The summed E-state index contributed by atoms with van der Waals surface area (Å²) >= 11 is 0. The molecule has 1 aromatic carbocycles. The van der Waals surface area contributed by atoms with E-state index >= 15 is 0 Å². The van der Waals surface area contributed by atoms with Gasteiger partial charge in [0.2, 0.25) is 0 Å². The summed E-state index contributed by atoms with van der Waals surface area (Å²) in [5, 5.41) is 8.79. The monoisotopic (exact) mass is 232 g/mol. The van der Waals surface area contributed by atoms with Gasteiger partial charge in [-0.3, -0.25) is 9.59 Å². The fourth-order valence-corrected chi connectivity index (χ4v) is 2.57. The van der Waals surface area contributed by atoms with Crippen LogP contribution in [0.4, 0.5) is 0 Å². The standard InChI is InChI=1S/C14H16O3/c15-13(16)9-11-7-4-8-12(14(11)17)10-5-2-1-3-6-10/h1-3,5-6,11-12H,4,7-9H2,(H,15,16)/t11-,12-/m0/s1. The summed E-state index contributed by atoms with van der Waals surface area (Å²) in [4.78, 5) is 22.9. The highest BCUT2D eigenvalue weighted by molar-refractivity contribution is 5.91. The number of hydrogen-bond acceptors (Lipinski definition) is 2. The lowest BCUT2D eigenvalue weighted by Crippen LogP contribution is -2.28. The highest BCUT2D eigenvalue weighted by Crippen LogP contribution is 2.34. The molecular weight excluding hydrogens is 216 g/mol. The van der Waals surface area contributed by atoms with Crippen molar-refractivity contribution in [3.05, 3.63) is 35.9 Å². The minimum atomic E-state index is -0.878. The summed E-state index contributed by atoms with van der Waals surface area (Å²) in [6.07, 6.45) is 2.47. The van der Waals surface area contributed by atoms with Crippen molar-refractivity contribution in [1.82, 2.24) is 0 Å². The van der Waals surface area contributed by atoms with Crippen LogP contribution in [0.1, 0.15) is 37.2 Å². The van der Waals surface area contributed by atoms with E-state index in [2.05, 4.69) is 0 Å². The number of rotatable bonds is 3. The van der Waals surface area contributed by atoms with Crippen molar-refractivity contribution in [3.63, 3.8) is 0 Å². The second-order valence-electron chi connectivity index (χ2n) is 4.59. The zero-order valence-electron chi connectivity index (χ0n) is 9.63. The molecule has 3 nitrogen and oxygen atoms in total. The summed E-state index contributed by atoms with van der Waals surface area (Å²) < 4.78 is 0. The molecule has 90 valence electrons. The number of ketones is 1. The van der Waals surface area contributed by atoms with Crippen molar-refractivity contribution in [2.75, 3.05) is 0 Å². The van der Waals surface area contributed by atoms with Crippen molar-refractivity contribution in [3.8, 4) is 0 Å². The average Bonchev–Trinajstić information content (AvgIpc) is 2.32. The van der Waals surface area contributed by atoms with Crippen LogP contribution in [0.15, 0.2) is 30.3 Å². The molecule has 0 amide bonds. The van der Waals surface area contributed by atoms with E-state index in [0.29, 0.717) is 6.42 Å². The van der Waals surface area contributed by atoms with Crippen molar-refractivity contribution < 1.29 is 14.7 Å². The van der Waals surface area contributed by atoms with Crippen LogP contribution in [0.3, 0.4) is 0 Å². The molecule has 0 unspecified atom stereocenters. The molecule has 0 radical (unpaired) electrons. The lowest BCUT2D eigenvalue weighted by atomic mass is 9.75. The lowest BCUT2D eigenvalue weighted by molar-refractivity contribution is -0.141. The van der Waals surface area contributed by atoms with Crippen LogP contribution in [0.2, 0.25) is 0 Å². The summed E-state index contributed by atoms with van der Waals surface area (Å²) in [5.74, 6) is -1.18. The molecule has 0 spiro atoms.